The van der Waals surface area contributed by atoms with Crippen molar-refractivity contribution in [1.82, 2.24) is 15.5 Å². The SMILES string of the molecule is COC(=O)CNC(=O)C(c1ccc(O)c(C)c1)N(C(=O)C(CCSC)NC(=O)OC(C)(C)C)C1CC1. The Kier molecular flexibility index (Phi) is 10.4. The molecule has 1 aromatic carbocycles. The topological polar surface area (TPSA) is 134 Å². The lowest BCUT2D eigenvalue weighted by atomic mass is 9.99. The van der Waals surface area contributed by atoms with Crippen LogP contribution in [-0.4, -0.2) is 77.2 Å². The number of rotatable bonds is 11. The molecule has 0 radical (unpaired) electrons. The highest BCUT2D eigenvalue weighted by Crippen LogP contribution is 2.37. The first kappa shape index (κ1) is 29.3. The standard InChI is InChI=1S/C25H37N3O7S/c1-15-13-16(7-10-19(15)29)21(22(31)26-14-20(30)34-5)28(17-8-9-17)23(32)18(11-12-36-6)27-24(33)35-25(2,3)4/h7,10,13,17-18,21,29H,8-9,11-12,14H2,1-6H3,(H,26,31)(H,27,33). The quantitative estimate of drug-likeness (QED) is 0.377. The van der Waals surface area contributed by atoms with Crippen LogP contribution in [0.15, 0.2) is 18.2 Å². The van der Waals surface area contributed by atoms with Crippen molar-refractivity contribution in [3.05, 3.63) is 29.3 Å². The van der Waals surface area contributed by atoms with Crippen molar-refractivity contribution in [3.63, 3.8) is 0 Å². The fourth-order valence-corrected chi connectivity index (χ4v) is 4.08. The van der Waals surface area contributed by atoms with Gasteiger partial charge in [0.1, 0.15) is 30.0 Å². The monoisotopic (exact) mass is 523 g/mol. The first-order chi connectivity index (χ1) is 16.9. The van der Waals surface area contributed by atoms with Crippen molar-refractivity contribution < 1.29 is 33.8 Å². The molecular weight excluding hydrogens is 486 g/mol. The van der Waals surface area contributed by atoms with Crippen LogP contribution in [0.2, 0.25) is 0 Å². The number of carbonyl (C=O) groups excluding carboxylic acids is 4. The molecule has 1 saturated carbocycles. The molecule has 11 heteroatoms. The van der Waals surface area contributed by atoms with Gasteiger partial charge in [-0.15, -0.1) is 0 Å². The number of methoxy groups -OCH3 is 1. The highest BCUT2D eigenvalue weighted by atomic mass is 32.2. The number of alkyl carbamates (subject to hydrolysis) is 1. The summed E-state index contributed by atoms with van der Waals surface area (Å²) in [5.74, 6) is -0.950. The predicted molar refractivity (Wildman–Crippen MR) is 137 cm³/mol. The minimum Gasteiger partial charge on any atom is -0.508 e. The van der Waals surface area contributed by atoms with E-state index in [0.29, 0.717) is 36.1 Å². The summed E-state index contributed by atoms with van der Waals surface area (Å²) in [5, 5.41) is 15.2. The molecule has 1 aromatic rings. The molecule has 0 bridgehead atoms. The van der Waals surface area contributed by atoms with Crippen molar-refractivity contribution in [2.75, 3.05) is 25.7 Å². The lowest BCUT2D eigenvalue weighted by Gasteiger charge is -2.34. The van der Waals surface area contributed by atoms with Crippen LogP contribution in [-0.2, 0) is 23.9 Å². The highest BCUT2D eigenvalue weighted by molar-refractivity contribution is 7.98. The number of thioether (sulfide) groups is 1. The molecule has 0 saturated heterocycles. The lowest BCUT2D eigenvalue weighted by Crippen LogP contribution is -2.54. The van der Waals surface area contributed by atoms with Crippen molar-refractivity contribution >= 4 is 35.6 Å². The third-order valence-electron chi connectivity index (χ3n) is 5.49. The normalized spacial score (nSPS) is 14.8. The average Bonchev–Trinajstić information content (AvgIpc) is 3.63. The minimum atomic E-state index is -1.08. The summed E-state index contributed by atoms with van der Waals surface area (Å²) in [6, 6.07) is 2.47. The van der Waals surface area contributed by atoms with Crippen LogP contribution in [0.25, 0.3) is 0 Å². The summed E-state index contributed by atoms with van der Waals surface area (Å²) in [4.78, 5) is 53.0. The van der Waals surface area contributed by atoms with Gasteiger partial charge in [-0.1, -0.05) is 6.07 Å². The minimum absolute atomic E-state index is 0.0567. The van der Waals surface area contributed by atoms with Gasteiger partial charge >= 0.3 is 12.1 Å². The Hall–Kier alpha value is -2.95. The first-order valence-corrected chi connectivity index (χ1v) is 13.2. The molecule has 2 atom stereocenters. The molecular formula is C25H37N3O7S. The second-order valence-electron chi connectivity index (χ2n) is 9.70. The van der Waals surface area contributed by atoms with Gasteiger partial charge in [-0.05, 0) is 82.2 Å². The molecule has 200 valence electrons. The maximum Gasteiger partial charge on any atom is 0.408 e. The van der Waals surface area contributed by atoms with E-state index in [9.17, 15) is 24.3 Å². The summed E-state index contributed by atoms with van der Waals surface area (Å²) in [7, 11) is 1.22. The number of carbonyl (C=O) groups is 4. The number of aryl methyl sites for hydroxylation is 1. The van der Waals surface area contributed by atoms with Crippen LogP contribution in [0.1, 0.15) is 57.2 Å². The summed E-state index contributed by atoms with van der Waals surface area (Å²) in [5.41, 5.74) is 0.272. The maximum atomic E-state index is 13.9. The van der Waals surface area contributed by atoms with Gasteiger partial charge in [-0.25, -0.2) is 4.79 Å². The Labute approximate surface area is 216 Å². The van der Waals surface area contributed by atoms with Crippen LogP contribution in [0.3, 0.4) is 0 Å². The Balaban J connectivity index is 2.44. The molecule has 0 spiro atoms. The van der Waals surface area contributed by atoms with Gasteiger partial charge in [0, 0.05) is 6.04 Å². The van der Waals surface area contributed by atoms with Gasteiger partial charge in [-0.2, -0.15) is 11.8 Å². The van der Waals surface area contributed by atoms with Crippen molar-refractivity contribution in [3.8, 4) is 5.75 Å². The molecule has 0 aromatic heterocycles. The van der Waals surface area contributed by atoms with Gasteiger partial charge < -0.3 is 30.1 Å². The largest absolute Gasteiger partial charge is 0.508 e. The molecule has 2 unspecified atom stereocenters. The third-order valence-corrected chi connectivity index (χ3v) is 6.14. The summed E-state index contributed by atoms with van der Waals surface area (Å²) in [6.07, 6.45) is 2.92. The molecule has 1 aliphatic rings. The molecule has 0 heterocycles. The molecule has 2 rings (SSSR count). The summed E-state index contributed by atoms with van der Waals surface area (Å²) in [6.45, 7) is 6.53. The zero-order valence-electron chi connectivity index (χ0n) is 21.8. The van der Waals surface area contributed by atoms with Crippen molar-refractivity contribution in [2.45, 2.75) is 70.7 Å². The molecule has 1 aliphatic carbocycles. The number of benzene rings is 1. The van der Waals surface area contributed by atoms with E-state index in [0.717, 1.165) is 0 Å². The van der Waals surface area contributed by atoms with E-state index in [1.807, 2.05) is 6.26 Å². The van der Waals surface area contributed by atoms with E-state index in [-0.39, 0.29) is 18.3 Å². The number of hydrogen-bond donors (Lipinski definition) is 3. The summed E-state index contributed by atoms with van der Waals surface area (Å²) >= 11 is 1.53. The Morgan fingerprint density at radius 1 is 1.22 bits per heavy atom. The predicted octanol–water partition coefficient (Wildman–Crippen LogP) is 2.67. The first-order valence-electron chi connectivity index (χ1n) is 11.8. The highest BCUT2D eigenvalue weighted by Gasteiger charge is 2.44. The summed E-state index contributed by atoms with van der Waals surface area (Å²) < 4.78 is 9.99. The molecule has 1 fully saturated rings. The zero-order valence-corrected chi connectivity index (χ0v) is 22.6. The zero-order chi connectivity index (χ0) is 27.0. The van der Waals surface area contributed by atoms with Gasteiger partial charge in [0.25, 0.3) is 0 Å². The van der Waals surface area contributed by atoms with Gasteiger partial charge in [-0.3, -0.25) is 14.4 Å². The van der Waals surface area contributed by atoms with E-state index in [1.165, 1.54) is 29.8 Å². The second-order valence-corrected chi connectivity index (χ2v) is 10.7. The molecule has 3 N–H and O–H groups in total. The number of nitrogens with one attached hydrogen (secondary N) is 2. The Bertz CT molecular complexity index is 959. The van der Waals surface area contributed by atoms with Crippen molar-refractivity contribution in [2.24, 2.45) is 0 Å². The fourth-order valence-electron chi connectivity index (χ4n) is 3.61. The molecule has 3 amide bonds. The number of esters is 1. The smallest absolute Gasteiger partial charge is 0.408 e. The lowest BCUT2D eigenvalue weighted by molar-refractivity contribution is -0.145. The average molecular weight is 524 g/mol. The molecule has 36 heavy (non-hydrogen) atoms. The van der Waals surface area contributed by atoms with Crippen LogP contribution in [0, 0.1) is 6.92 Å². The Morgan fingerprint density at radius 3 is 2.42 bits per heavy atom. The number of hydrogen-bond acceptors (Lipinski definition) is 8. The van der Waals surface area contributed by atoms with Gasteiger partial charge in [0.2, 0.25) is 11.8 Å². The number of amides is 3. The van der Waals surface area contributed by atoms with E-state index in [1.54, 1.807) is 39.8 Å². The number of phenols is 1. The van der Waals surface area contributed by atoms with Crippen LogP contribution in [0.5, 0.6) is 5.75 Å². The van der Waals surface area contributed by atoms with Crippen LogP contribution >= 0.6 is 11.8 Å². The molecule has 10 nitrogen and oxygen atoms in total. The molecule has 0 aliphatic heterocycles. The van der Waals surface area contributed by atoms with Crippen LogP contribution < -0.4 is 10.6 Å². The fraction of sp³-hybridized carbons (Fsp3) is 0.600. The number of phenolic OH excluding ortho intramolecular Hbond substituents is 1. The van der Waals surface area contributed by atoms with Crippen LogP contribution in [0.4, 0.5) is 4.79 Å². The van der Waals surface area contributed by atoms with Gasteiger partial charge in [0.15, 0.2) is 0 Å². The maximum absolute atomic E-state index is 13.9. The Morgan fingerprint density at radius 2 is 1.89 bits per heavy atom. The van der Waals surface area contributed by atoms with E-state index in [4.69, 9.17) is 4.74 Å². The number of aromatic hydroxyl groups is 1. The van der Waals surface area contributed by atoms with Gasteiger partial charge in [0.05, 0.1) is 7.11 Å². The number of ether oxygens (including phenoxy) is 2. The van der Waals surface area contributed by atoms with Crippen molar-refractivity contribution in [1.29, 1.82) is 0 Å². The number of nitrogens with zero attached hydrogens (tertiary/aromatic N) is 1. The van der Waals surface area contributed by atoms with E-state index in [2.05, 4.69) is 15.4 Å². The third kappa shape index (κ3) is 8.61. The second kappa shape index (κ2) is 12.8. The van der Waals surface area contributed by atoms with E-state index < -0.39 is 41.6 Å². The van der Waals surface area contributed by atoms with E-state index >= 15 is 0 Å².